The van der Waals surface area contributed by atoms with Gasteiger partial charge in [0.05, 0.1) is 19.8 Å². The highest BCUT2D eigenvalue weighted by Gasteiger charge is 2.69. The third-order valence-corrected chi connectivity index (χ3v) is 4.07. The van der Waals surface area contributed by atoms with Gasteiger partial charge in [0.2, 0.25) is 5.79 Å². The molecule has 2 saturated heterocycles. The Bertz CT molecular complexity index is 390. The van der Waals surface area contributed by atoms with Crippen LogP contribution in [0.3, 0.4) is 0 Å². The fourth-order valence-corrected chi connectivity index (χ4v) is 3.14. The van der Waals surface area contributed by atoms with E-state index in [-0.39, 0.29) is 12.4 Å². The van der Waals surface area contributed by atoms with Crippen molar-refractivity contribution in [3.8, 4) is 0 Å². The Balaban J connectivity index is 2.00. The van der Waals surface area contributed by atoms with Gasteiger partial charge >= 0.3 is 0 Å². The Kier molecular flexibility index (Phi) is 2.99. The first-order chi connectivity index (χ1) is 8.65. The molecule has 3 atom stereocenters. The van der Waals surface area contributed by atoms with Crippen molar-refractivity contribution in [1.82, 2.24) is 0 Å². The summed E-state index contributed by atoms with van der Waals surface area (Å²) in [5, 5.41) is -0.880. The first kappa shape index (κ1) is 12.6. The maximum Gasteiger partial charge on any atom is 0.228 e. The van der Waals surface area contributed by atoms with E-state index in [0.29, 0.717) is 19.8 Å². The van der Waals surface area contributed by atoms with Crippen molar-refractivity contribution in [1.29, 1.82) is 0 Å². The number of hydrogen-bond acceptors (Lipinski definition) is 5. The highest BCUT2D eigenvalue weighted by atomic mass is 35.5. The summed E-state index contributed by atoms with van der Waals surface area (Å²) < 4.78 is 22.6. The largest absolute Gasteiger partial charge is 0.378 e. The van der Waals surface area contributed by atoms with Crippen LogP contribution in [0.4, 0.5) is 0 Å². The number of hydrogen-bond donors (Lipinski definition) is 0. The highest BCUT2D eigenvalue weighted by Crippen LogP contribution is 2.49. The Morgan fingerprint density at radius 2 is 2.22 bits per heavy atom. The Morgan fingerprint density at radius 1 is 1.50 bits per heavy atom. The molecule has 0 radical (unpaired) electrons. The first-order valence-electron chi connectivity index (χ1n) is 6.06. The van der Waals surface area contributed by atoms with Gasteiger partial charge in [-0.2, -0.15) is 0 Å². The molecule has 1 unspecified atom stereocenters. The van der Waals surface area contributed by atoms with Gasteiger partial charge in [0.15, 0.2) is 16.8 Å². The minimum absolute atomic E-state index is 0.223. The van der Waals surface area contributed by atoms with Gasteiger partial charge in [0.1, 0.15) is 6.10 Å². The topological polar surface area (TPSA) is 54.0 Å². The van der Waals surface area contributed by atoms with E-state index in [2.05, 4.69) is 0 Å². The second-order valence-electron chi connectivity index (χ2n) is 4.55. The zero-order valence-electron chi connectivity index (χ0n) is 10.1. The fraction of sp³-hybridized carbons (Fsp3) is 0.750. The minimum Gasteiger partial charge on any atom is -0.378 e. The van der Waals surface area contributed by atoms with Crippen LogP contribution in [0.5, 0.6) is 0 Å². The standard InChI is InChI=1S/C12H15ClO5/c1-2-15-7-11-4-3-8(18-11)9(14)10(13)12(11)16-5-6-17-12/h3-4,8,10H,2,5-7H2,1H3/t8-,10?,11+/m1/s1. The number of alkyl halides is 1. The number of rotatable bonds is 3. The van der Waals surface area contributed by atoms with Gasteiger partial charge in [-0.3, -0.25) is 4.79 Å². The summed E-state index contributed by atoms with van der Waals surface area (Å²) in [6.45, 7) is 3.48. The van der Waals surface area contributed by atoms with Gasteiger partial charge in [-0.05, 0) is 19.1 Å². The molecule has 0 amide bonds. The van der Waals surface area contributed by atoms with Crippen LogP contribution in [0, 0.1) is 0 Å². The second kappa shape index (κ2) is 4.28. The van der Waals surface area contributed by atoms with E-state index in [1.807, 2.05) is 6.92 Å². The van der Waals surface area contributed by atoms with E-state index >= 15 is 0 Å². The molecule has 0 aliphatic carbocycles. The van der Waals surface area contributed by atoms with E-state index in [4.69, 9.17) is 30.5 Å². The number of halogens is 1. The van der Waals surface area contributed by atoms with Crippen LogP contribution in [-0.2, 0) is 23.7 Å². The van der Waals surface area contributed by atoms with Gasteiger partial charge in [0.25, 0.3) is 0 Å². The molecule has 3 rings (SSSR count). The molecule has 2 bridgehead atoms. The second-order valence-corrected chi connectivity index (χ2v) is 4.99. The molecule has 0 aromatic heterocycles. The molecular formula is C12H15ClO5. The molecule has 3 aliphatic rings. The van der Waals surface area contributed by atoms with Crippen molar-refractivity contribution in [2.75, 3.05) is 26.4 Å². The summed E-state index contributed by atoms with van der Waals surface area (Å²) in [6.07, 6.45) is 2.88. The summed E-state index contributed by atoms with van der Waals surface area (Å²) in [5.41, 5.74) is -0.926. The zero-order chi connectivity index (χ0) is 12.8. The Morgan fingerprint density at radius 3 is 2.89 bits per heavy atom. The maximum atomic E-state index is 12.1. The molecule has 1 spiro atoms. The van der Waals surface area contributed by atoms with Crippen molar-refractivity contribution in [2.45, 2.75) is 29.8 Å². The van der Waals surface area contributed by atoms with Gasteiger partial charge in [0, 0.05) is 6.61 Å². The predicted molar refractivity (Wildman–Crippen MR) is 62.5 cm³/mol. The lowest BCUT2D eigenvalue weighted by Crippen LogP contribution is -2.68. The van der Waals surface area contributed by atoms with E-state index in [0.717, 1.165) is 0 Å². The summed E-state index contributed by atoms with van der Waals surface area (Å²) in [4.78, 5) is 12.1. The molecule has 100 valence electrons. The molecule has 0 saturated carbocycles. The summed E-state index contributed by atoms with van der Waals surface area (Å²) in [5.74, 6) is -1.48. The van der Waals surface area contributed by atoms with Crippen molar-refractivity contribution >= 4 is 17.4 Å². The first-order valence-corrected chi connectivity index (χ1v) is 6.49. The number of ether oxygens (including phenoxy) is 4. The lowest BCUT2D eigenvalue weighted by molar-refractivity contribution is -0.290. The third kappa shape index (κ3) is 1.45. The molecule has 0 N–H and O–H groups in total. The van der Waals surface area contributed by atoms with Gasteiger partial charge < -0.3 is 18.9 Å². The van der Waals surface area contributed by atoms with Crippen LogP contribution in [0.15, 0.2) is 12.2 Å². The third-order valence-electron chi connectivity index (χ3n) is 3.57. The molecule has 3 heterocycles. The highest BCUT2D eigenvalue weighted by molar-refractivity contribution is 6.33. The van der Waals surface area contributed by atoms with Crippen molar-refractivity contribution in [3.63, 3.8) is 0 Å². The van der Waals surface area contributed by atoms with Crippen molar-refractivity contribution < 1.29 is 23.7 Å². The molecule has 18 heavy (non-hydrogen) atoms. The minimum atomic E-state index is -1.26. The lowest BCUT2D eigenvalue weighted by atomic mass is 9.88. The molecule has 6 heteroatoms. The van der Waals surface area contributed by atoms with E-state index in [9.17, 15) is 4.79 Å². The quantitative estimate of drug-likeness (QED) is 0.559. The fourth-order valence-electron chi connectivity index (χ4n) is 2.70. The van der Waals surface area contributed by atoms with Crippen molar-refractivity contribution in [2.24, 2.45) is 0 Å². The number of Topliss-reactive ketones (excluding diaryl/α,β-unsaturated/α-hetero) is 1. The monoisotopic (exact) mass is 274 g/mol. The van der Waals surface area contributed by atoms with Gasteiger partial charge in [-0.15, -0.1) is 11.6 Å². The zero-order valence-corrected chi connectivity index (χ0v) is 10.8. The maximum absolute atomic E-state index is 12.1. The summed E-state index contributed by atoms with van der Waals surface area (Å²) in [6, 6.07) is 0. The Hall–Kier alpha value is -0.460. The van der Waals surface area contributed by atoms with Crippen LogP contribution in [0.1, 0.15) is 6.92 Å². The molecule has 0 aromatic rings. The van der Waals surface area contributed by atoms with Gasteiger partial charge in [-0.25, -0.2) is 0 Å². The number of fused-ring (bicyclic) bond motifs is 3. The predicted octanol–water partition coefficient (Wildman–Crippen LogP) is 0.650. The van der Waals surface area contributed by atoms with E-state index < -0.39 is 22.9 Å². The average molecular weight is 275 g/mol. The number of carbonyl (C=O) groups excluding carboxylic acids is 1. The number of ketones is 1. The average Bonchev–Trinajstić information content (AvgIpc) is 3.00. The normalized spacial score (nSPS) is 40.9. The summed E-state index contributed by atoms with van der Waals surface area (Å²) >= 11 is 6.25. The smallest absolute Gasteiger partial charge is 0.228 e. The lowest BCUT2D eigenvalue weighted by Gasteiger charge is -2.47. The molecular weight excluding hydrogens is 260 g/mol. The van der Waals surface area contributed by atoms with E-state index in [1.165, 1.54) is 0 Å². The Labute approximate surface area is 110 Å². The number of carbonyl (C=O) groups is 1. The molecule has 2 fully saturated rings. The van der Waals surface area contributed by atoms with Crippen LogP contribution in [0.2, 0.25) is 0 Å². The SMILES string of the molecule is CCOC[C@]12C=C[C@@H](O1)C(=O)C(Cl)C21OCCO1. The van der Waals surface area contributed by atoms with Crippen LogP contribution < -0.4 is 0 Å². The summed E-state index contributed by atoms with van der Waals surface area (Å²) in [7, 11) is 0. The van der Waals surface area contributed by atoms with E-state index in [1.54, 1.807) is 12.2 Å². The molecule has 0 aromatic carbocycles. The van der Waals surface area contributed by atoms with Crippen molar-refractivity contribution in [3.05, 3.63) is 12.2 Å². The van der Waals surface area contributed by atoms with Crippen LogP contribution in [0.25, 0.3) is 0 Å². The molecule has 3 aliphatic heterocycles. The van der Waals surface area contributed by atoms with Crippen LogP contribution >= 0.6 is 11.6 Å². The van der Waals surface area contributed by atoms with Crippen LogP contribution in [-0.4, -0.2) is 55.1 Å². The van der Waals surface area contributed by atoms with Gasteiger partial charge in [-0.1, -0.05) is 0 Å². The molecule has 5 nitrogen and oxygen atoms in total.